The molecule has 0 amide bonds. The number of nitrogens with zero attached hydrogens (tertiary/aromatic N) is 4. The van der Waals surface area contributed by atoms with Crippen LogP contribution in [0.5, 0.6) is 5.75 Å². The average Bonchev–Trinajstić information content (AvgIpc) is 3.39. The Morgan fingerprint density at radius 3 is 2.69 bits per heavy atom. The Labute approximate surface area is 223 Å². The first-order valence-electron chi connectivity index (χ1n) is 12.8. The van der Waals surface area contributed by atoms with E-state index in [9.17, 15) is 9.18 Å². The normalized spacial score (nSPS) is 15.9. The number of benzene rings is 3. The fraction of sp³-hybridized carbons (Fsp3) is 0.161. The van der Waals surface area contributed by atoms with E-state index in [0.29, 0.717) is 45.5 Å². The summed E-state index contributed by atoms with van der Waals surface area (Å²) in [5.41, 5.74) is 3.28. The van der Waals surface area contributed by atoms with Gasteiger partial charge in [-0.25, -0.2) is 14.4 Å². The van der Waals surface area contributed by atoms with Gasteiger partial charge < -0.3 is 4.74 Å². The third-order valence-corrected chi connectivity index (χ3v) is 7.09. The number of H-pyrrole nitrogens is 1. The molecule has 1 atom stereocenters. The van der Waals surface area contributed by atoms with Crippen molar-refractivity contribution in [2.24, 2.45) is 15.9 Å². The maximum Gasteiger partial charge on any atom is 0.267 e. The number of hydrogen-bond donors (Lipinski definition) is 1. The molecule has 7 nitrogen and oxygen atoms in total. The Kier molecular flexibility index (Phi) is 6.36. The van der Waals surface area contributed by atoms with Crippen molar-refractivity contribution < 1.29 is 9.13 Å². The standard InChI is InChI=1S/C31H26FN5O2/c1-3-19-11-16-25-28-26(18-33-36-28)31(38)37(22-8-6-7-20(17-22)24-9-4-5-10-27(24)32)30(25)35-29(19)34-21-12-14-23(39-2)15-13-21/h4-10,12-19H,3,11H2,1-2H3,(H,33,36). The van der Waals surface area contributed by atoms with Gasteiger partial charge in [0.25, 0.3) is 5.56 Å². The van der Waals surface area contributed by atoms with Crippen LogP contribution in [-0.4, -0.2) is 27.7 Å². The summed E-state index contributed by atoms with van der Waals surface area (Å²) in [5.74, 6) is 1.09. The molecule has 8 heteroatoms. The largest absolute Gasteiger partial charge is 0.497 e. The molecule has 5 aromatic rings. The highest BCUT2D eigenvalue weighted by atomic mass is 19.1. The van der Waals surface area contributed by atoms with E-state index in [1.54, 1.807) is 29.9 Å². The van der Waals surface area contributed by atoms with Gasteiger partial charge in [-0.2, -0.15) is 5.10 Å². The van der Waals surface area contributed by atoms with Gasteiger partial charge in [0.2, 0.25) is 0 Å². The monoisotopic (exact) mass is 519 g/mol. The molecule has 2 aromatic heterocycles. The molecule has 1 unspecified atom stereocenters. The van der Waals surface area contributed by atoms with Crippen LogP contribution in [0, 0.1) is 11.7 Å². The van der Waals surface area contributed by atoms with Gasteiger partial charge in [0.15, 0.2) is 5.49 Å². The number of aromatic amines is 1. The summed E-state index contributed by atoms with van der Waals surface area (Å²) in [7, 11) is 1.62. The molecule has 0 fully saturated rings. The van der Waals surface area contributed by atoms with Crippen LogP contribution in [0.1, 0.15) is 19.8 Å². The molecule has 1 N–H and O–H groups in total. The third-order valence-electron chi connectivity index (χ3n) is 7.09. The second kappa shape index (κ2) is 10.1. The van der Waals surface area contributed by atoms with Gasteiger partial charge in [-0.3, -0.25) is 14.5 Å². The van der Waals surface area contributed by atoms with Gasteiger partial charge >= 0.3 is 0 Å². The van der Waals surface area contributed by atoms with Crippen molar-refractivity contribution in [3.05, 3.63) is 106 Å². The summed E-state index contributed by atoms with van der Waals surface area (Å²) in [6.07, 6.45) is 5.16. The lowest BCUT2D eigenvalue weighted by Crippen LogP contribution is -2.43. The summed E-state index contributed by atoms with van der Waals surface area (Å²) >= 11 is 0. The minimum Gasteiger partial charge on any atom is -0.497 e. The molecule has 0 saturated carbocycles. The molecule has 1 aliphatic heterocycles. The molecule has 39 heavy (non-hydrogen) atoms. The van der Waals surface area contributed by atoms with Crippen molar-refractivity contribution >= 4 is 28.5 Å². The van der Waals surface area contributed by atoms with Gasteiger partial charge in [-0.1, -0.05) is 43.3 Å². The fourth-order valence-electron chi connectivity index (χ4n) is 4.97. The highest BCUT2D eigenvalue weighted by Gasteiger charge is 2.20. The maximum atomic E-state index is 14.6. The zero-order chi connectivity index (χ0) is 26.9. The summed E-state index contributed by atoms with van der Waals surface area (Å²) in [6, 6.07) is 21.4. The van der Waals surface area contributed by atoms with E-state index in [-0.39, 0.29) is 17.3 Å². The molecule has 1 aliphatic rings. The molecule has 6 rings (SSSR count). The van der Waals surface area contributed by atoms with Crippen LogP contribution in [0.15, 0.2) is 93.8 Å². The Bertz CT molecular complexity index is 1900. The number of methoxy groups -OCH3 is 1. The predicted octanol–water partition coefficient (Wildman–Crippen LogP) is 5.09. The molecule has 0 aliphatic carbocycles. The van der Waals surface area contributed by atoms with Crippen molar-refractivity contribution in [3.8, 4) is 22.6 Å². The first-order chi connectivity index (χ1) is 19.1. The number of pyridine rings is 1. The van der Waals surface area contributed by atoms with E-state index in [1.807, 2.05) is 48.5 Å². The average molecular weight is 520 g/mol. The van der Waals surface area contributed by atoms with Gasteiger partial charge in [0.1, 0.15) is 17.4 Å². The minimum atomic E-state index is -0.330. The lowest BCUT2D eigenvalue weighted by molar-refractivity contribution is 0.415. The molecular weight excluding hydrogens is 493 g/mol. The Balaban J connectivity index is 1.64. The van der Waals surface area contributed by atoms with E-state index >= 15 is 0 Å². The zero-order valence-corrected chi connectivity index (χ0v) is 21.6. The fourth-order valence-corrected chi connectivity index (χ4v) is 4.97. The van der Waals surface area contributed by atoms with E-state index in [2.05, 4.69) is 23.2 Å². The minimum absolute atomic E-state index is 0.0470. The van der Waals surface area contributed by atoms with Gasteiger partial charge in [-0.05, 0) is 60.9 Å². The molecule has 0 radical (unpaired) electrons. The van der Waals surface area contributed by atoms with Crippen molar-refractivity contribution in [3.63, 3.8) is 0 Å². The van der Waals surface area contributed by atoms with Crippen molar-refractivity contribution in [1.29, 1.82) is 0 Å². The summed E-state index contributed by atoms with van der Waals surface area (Å²) in [5, 5.41) is 8.40. The summed E-state index contributed by atoms with van der Waals surface area (Å²) in [4.78, 5) is 23.8. The number of amidine groups is 1. The Morgan fingerprint density at radius 2 is 1.92 bits per heavy atom. The quantitative estimate of drug-likeness (QED) is 0.351. The van der Waals surface area contributed by atoms with E-state index in [0.717, 1.165) is 23.1 Å². The van der Waals surface area contributed by atoms with E-state index < -0.39 is 0 Å². The van der Waals surface area contributed by atoms with Crippen LogP contribution in [0.25, 0.3) is 33.8 Å². The zero-order valence-electron chi connectivity index (χ0n) is 21.6. The smallest absolute Gasteiger partial charge is 0.267 e. The Morgan fingerprint density at radius 1 is 1.10 bits per heavy atom. The van der Waals surface area contributed by atoms with Crippen LogP contribution in [0.2, 0.25) is 0 Å². The molecule has 0 bridgehead atoms. The lowest BCUT2D eigenvalue weighted by Gasteiger charge is -2.12. The van der Waals surface area contributed by atoms with Crippen LogP contribution in [-0.2, 0) is 0 Å². The second-order valence-electron chi connectivity index (χ2n) is 9.39. The first-order valence-corrected chi connectivity index (χ1v) is 12.8. The molecule has 3 aromatic carbocycles. The van der Waals surface area contributed by atoms with Crippen LogP contribution < -0.4 is 21.0 Å². The Hall–Kier alpha value is -4.85. The SMILES string of the molecule is CCC1CC=c2c(n(-c3cccc(-c4ccccc4F)c3)c(=O)c3cn[nH]c23)=NC1=Nc1ccc(OC)cc1. The number of aromatic nitrogens is 3. The van der Waals surface area contributed by atoms with Gasteiger partial charge in [-0.15, -0.1) is 0 Å². The number of hydrogen-bond acceptors (Lipinski definition) is 4. The number of halogens is 1. The predicted molar refractivity (Wildman–Crippen MR) is 151 cm³/mol. The van der Waals surface area contributed by atoms with E-state index in [4.69, 9.17) is 14.7 Å². The summed E-state index contributed by atoms with van der Waals surface area (Å²) in [6.45, 7) is 2.10. The third kappa shape index (κ3) is 4.44. The van der Waals surface area contributed by atoms with Crippen LogP contribution in [0.3, 0.4) is 0 Å². The van der Waals surface area contributed by atoms with Crippen molar-refractivity contribution in [2.75, 3.05) is 7.11 Å². The van der Waals surface area contributed by atoms with Crippen LogP contribution >= 0.6 is 0 Å². The molecule has 194 valence electrons. The summed E-state index contributed by atoms with van der Waals surface area (Å²) < 4.78 is 21.5. The lowest BCUT2D eigenvalue weighted by atomic mass is 10.0. The topological polar surface area (TPSA) is 84.6 Å². The molecule has 0 saturated heterocycles. The number of nitrogens with one attached hydrogen (secondary N) is 1. The van der Waals surface area contributed by atoms with Gasteiger partial charge in [0, 0.05) is 16.7 Å². The molecule has 3 heterocycles. The van der Waals surface area contributed by atoms with Crippen molar-refractivity contribution in [2.45, 2.75) is 19.8 Å². The molecule has 0 spiro atoms. The number of rotatable bonds is 5. The van der Waals surface area contributed by atoms with Gasteiger partial charge in [0.05, 0.1) is 35.6 Å². The second-order valence-corrected chi connectivity index (χ2v) is 9.39. The maximum absolute atomic E-state index is 14.6. The number of aliphatic imine (C=N–C) groups is 1. The molecular formula is C31H26FN5O2. The number of fused-ring (bicyclic) bond motifs is 3. The highest BCUT2D eigenvalue weighted by Crippen LogP contribution is 2.25. The van der Waals surface area contributed by atoms with E-state index in [1.165, 1.54) is 12.3 Å². The number of ether oxygens (including phenoxy) is 1. The first kappa shape index (κ1) is 24.5. The van der Waals surface area contributed by atoms with Crippen molar-refractivity contribution in [1.82, 2.24) is 14.8 Å². The van der Waals surface area contributed by atoms with Crippen LogP contribution in [0.4, 0.5) is 10.1 Å². The highest BCUT2D eigenvalue weighted by molar-refractivity contribution is 5.89.